The zero-order valence-corrected chi connectivity index (χ0v) is 12.0. The van der Waals surface area contributed by atoms with Crippen LogP contribution >= 0.6 is 11.8 Å². The van der Waals surface area contributed by atoms with Gasteiger partial charge in [-0.3, -0.25) is 9.79 Å². The van der Waals surface area contributed by atoms with Gasteiger partial charge in [-0.1, -0.05) is 49.9 Å². The first-order chi connectivity index (χ1) is 9.15. The highest BCUT2D eigenvalue weighted by Gasteiger charge is 2.08. The monoisotopic (exact) mass is 274 g/mol. The number of amidine groups is 1. The Morgan fingerprint density at radius 3 is 2.68 bits per heavy atom. The van der Waals surface area contributed by atoms with Crippen molar-refractivity contribution in [1.82, 2.24) is 5.32 Å². The van der Waals surface area contributed by atoms with Gasteiger partial charge in [0.05, 0.1) is 6.54 Å². The van der Waals surface area contributed by atoms with Crippen LogP contribution in [0.4, 0.5) is 0 Å². The molecule has 2 rings (SSSR count). The highest BCUT2D eigenvalue weighted by atomic mass is 32.2. The van der Waals surface area contributed by atoms with Gasteiger partial charge in [-0.2, -0.15) is 0 Å². The molecular formula is C15H18N2OS. The summed E-state index contributed by atoms with van der Waals surface area (Å²) in [6.07, 6.45) is 3.37. The van der Waals surface area contributed by atoms with Crippen LogP contribution in [0.25, 0.3) is 6.08 Å². The molecule has 4 heteroatoms. The van der Waals surface area contributed by atoms with Crippen LogP contribution in [0.3, 0.4) is 0 Å². The van der Waals surface area contributed by atoms with E-state index in [9.17, 15) is 4.79 Å². The zero-order chi connectivity index (χ0) is 13.7. The lowest BCUT2D eigenvalue weighted by Gasteiger charge is -2.04. The molecule has 1 amide bonds. The average Bonchev–Trinajstić information content (AvgIpc) is 2.89. The van der Waals surface area contributed by atoms with Crippen molar-refractivity contribution in [3.8, 4) is 0 Å². The molecule has 0 bridgehead atoms. The van der Waals surface area contributed by atoms with Crippen molar-refractivity contribution in [1.29, 1.82) is 0 Å². The van der Waals surface area contributed by atoms with Crippen molar-refractivity contribution < 1.29 is 4.79 Å². The molecule has 0 saturated heterocycles. The summed E-state index contributed by atoms with van der Waals surface area (Å²) in [4.78, 5) is 15.8. The Balaban J connectivity index is 1.92. The van der Waals surface area contributed by atoms with Gasteiger partial charge in [-0.15, -0.1) is 0 Å². The van der Waals surface area contributed by atoms with E-state index in [-0.39, 0.29) is 5.91 Å². The number of carbonyl (C=O) groups excluding carboxylic acids is 1. The molecule has 0 unspecified atom stereocenters. The van der Waals surface area contributed by atoms with Crippen LogP contribution in [-0.4, -0.2) is 23.4 Å². The number of amides is 1. The third-order valence-electron chi connectivity index (χ3n) is 2.85. The molecule has 0 aliphatic carbocycles. The maximum atomic E-state index is 11.7. The number of hydrogen-bond acceptors (Lipinski definition) is 3. The van der Waals surface area contributed by atoms with E-state index >= 15 is 0 Å². The second-order valence-corrected chi connectivity index (χ2v) is 5.76. The molecule has 0 aromatic heterocycles. The fourth-order valence-electron chi connectivity index (χ4n) is 1.72. The molecule has 1 N–H and O–H groups in total. The first-order valence-corrected chi connectivity index (χ1v) is 7.40. The molecule has 0 atom stereocenters. The number of rotatable bonds is 3. The Bertz CT molecular complexity index is 503. The average molecular weight is 274 g/mol. The third kappa shape index (κ3) is 4.24. The van der Waals surface area contributed by atoms with Gasteiger partial charge in [-0.25, -0.2) is 0 Å². The molecule has 100 valence electrons. The van der Waals surface area contributed by atoms with Crippen LogP contribution < -0.4 is 5.32 Å². The van der Waals surface area contributed by atoms with Crippen molar-refractivity contribution >= 4 is 28.9 Å². The summed E-state index contributed by atoms with van der Waals surface area (Å²) in [6, 6.07) is 8.25. The van der Waals surface area contributed by atoms with Gasteiger partial charge in [0.2, 0.25) is 5.91 Å². The normalized spacial score (nSPS) is 15.0. The summed E-state index contributed by atoms with van der Waals surface area (Å²) >= 11 is 1.58. The molecule has 19 heavy (non-hydrogen) atoms. The summed E-state index contributed by atoms with van der Waals surface area (Å²) in [5.41, 5.74) is 2.33. The number of nitrogens with one attached hydrogen (secondary N) is 1. The van der Waals surface area contributed by atoms with Crippen LogP contribution in [0.15, 0.2) is 35.3 Å². The van der Waals surface area contributed by atoms with Crippen LogP contribution in [0.1, 0.15) is 30.9 Å². The molecule has 0 saturated carbocycles. The van der Waals surface area contributed by atoms with Gasteiger partial charge >= 0.3 is 0 Å². The topological polar surface area (TPSA) is 41.5 Å². The van der Waals surface area contributed by atoms with Crippen LogP contribution in [0.5, 0.6) is 0 Å². The van der Waals surface area contributed by atoms with Crippen LogP contribution in [0, 0.1) is 0 Å². The van der Waals surface area contributed by atoms with Crippen molar-refractivity contribution in [2.24, 2.45) is 4.99 Å². The molecule has 1 aliphatic heterocycles. The Morgan fingerprint density at radius 1 is 1.37 bits per heavy atom. The number of carbonyl (C=O) groups is 1. The van der Waals surface area contributed by atoms with Crippen molar-refractivity contribution in [3.63, 3.8) is 0 Å². The number of nitrogens with zero attached hydrogens (tertiary/aromatic N) is 1. The smallest absolute Gasteiger partial charge is 0.249 e. The molecular weight excluding hydrogens is 256 g/mol. The molecule has 1 aliphatic rings. The Morgan fingerprint density at radius 2 is 2.11 bits per heavy atom. The SMILES string of the molecule is CC(C)c1ccc(C=CC(=O)NC2=NCCS2)cc1. The van der Waals surface area contributed by atoms with Crippen LogP contribution in [-0.2, 0) is 4.79 Å². The second-order valence-electron chi connectivity index (χ2n) is 4.68. The van der Waals surface area contributed by atoms with E-state index in [0.29, 0.717) is 5.92 Å². The van der Waals surface area contributed by atoms with Gasteiger partial charge in [0.15, 0.2) is 5.17 Å². The number of aliphatic imine (C=N–C) groups is 1. The van der Waals surface area contributed by atoms with Crippen LogP contribution in [0.2, 0.25) is 0 Å². The standard InChI is InChI=1S/C15H18N2OS/c1-11(2)13-6-3-12(4-7-13)5-8-14(18)17-15-16-9-10-19-15/h3-8,11H,9-10H2,1-2H3,(H,16,17,18). The van der Waals surface area contributed by atoms with Gasteiger partial charge < -0.3 is 5.32 Å². The minimum Gasteiger partial charge on any atom is -0.302 e. The summed E-state index contributed by atoms with van der Waals surface area (Å²) < 4.78 is 0. The quantitative estimate of drug-likeness (QED) is 0.861. The summed E-state index contributed by atoms with van der Waals surface area (Å²) in [7, 11) is 0. The highest BCUT2D eigenvalue weighted by Crippen LogP contribution is 2.15. The minimum atomic E-state index is -0.124. The van der Waals surface area contributed by atoms with E-state index in [0.717, 1.165) is 23.0 Å². The minimum absolute atomic E-state index is 0.124. The van der Waals surface area contributed by atoms with E-state index in [2.05, 4.69) is 36.3 Å². The van der Waals surface area contributed by atoms with Crippen molar-refractivity contribution in [3.05, 3.63) is 41.5 Å². The van der Waals surface area contributed by atoms with E-state index < -0.39 is 0 Å². The van der Waals surface area contributed by atoms with E-state index in [4.69, 9.17) is 0 Å². The van der Waals surface area contributed by atoms with Gasteiger partial charge in [0, 0.05) is 11.8 Å². The molecule has 0 spiro atoms. The molecule has 0 radical (unpaired) electrons. The Labute approximate surface area is 118 Å². The summed E-state index contributed by atoms with van der Waals surface area (Å²) in [5, 5.41) is 3.49. The molecule has 1 aromatic rings. The van der Waals surface area contributed by atoms with E-state index in [1.807, 2.05) is 18.2 Å². The summed E-state index contributed by atoms with van der Waals surface area (Å²) in [5.74, 6) is 1.36. The zero-order valence-electron chi connectivity index (χ0n) is 11.2. The Hall–Kier alpha value is -1.55. The molecule has 1 aromatic carbocycles. The van der Waals surface area contributed by atoms with Gasteiger partial charge in [0.25, 0.3) is 0 Å². The number of thioether (sulfide) groups is 1. The lowest BCUT2D eigenvalue weighted by atomic mass is 10.0. The fourth-order valence-corrected chi connectivity index (χ4v) is 2.45. The predicted octanol–water partition coefficient (Wildman–Crippen LogP) is 3.04. The van der Waals surface area contributed by atoms with E-state index in [1.54, 1.807) is 17.8 Å². The Kier molecular flexibility index (Phi) is 4.80. The largest absolute Gasteiger partial charge is 0.302 e. The number of hydrogen-bond donors (Lipinski definition) is 1. The second kappa shape index (κ2) is 6.57. The molecule has 0 fully saturated rings. The molecule has 1 heterocycles. The maximum Gasteiger partial charge on any atom is 0.249 e. The van der Waals surface area contributed by atoms with Crippen molar-refractivity contribution in [2.45, 2.75) is 19.8 Å². The lowest BCUT2D eigenvalue weighted by Crippen LogP contribution is -2.25. The third-order valence-corrected chi connectivity index (χ3v) is 3.74. The maximum absolute atomic E-state index is 11.7. The first-order valence-electron chi connectivity index (χ1n) is 6.41. The number of benzene rings is 1. The van der Waals surface area contributed by atoms with Crippen molar-refractivity contribution in [2.75, 3.05) is 12.3 Å². The summed E-state index contributed by atoms with van der Waals surface area (Å²) in [6.45, 7) is 5.12. The van der Waals surface area contributed by atoms with Gasteiger partial charge in [0.1, 0.15) is 0 Å². The lowest BCUT2D eigenvalue weighted by molar-refractivity contribution is -0.115. The fraction of sp³-hybridized carbons (Fsp3) is 0.333. The van der Waals surface area contributed by atoms with Gasteiger partial charge in [-0.05, 0) is 23.1 Å². The first kappa shape index (κ1) is 13.9. The molecule has 3 nitrogen and oxygen atoms in total. The van der Waals surface area contributed by atoms with E-state index in [1.165, 1.54) is 5.56 Å². The highest BCUT2D eigenvalue weighted by molar-refractivity contribution is 8.14. The predicted molar refractivity (Wildman–Crippen MR) is 82.5 cm³/mol.